The first kappa shape index (κ1) is 35.7. The average Bonchev–Trinajstić information content (AvgIpc) is 3.68. The number of nitrogens with zero attached hydrogens (tertiary/aromatic N) is 2. The van der Waals surface area contributed by atoms with Crippen molar-refractivity contribution in [2.75, 3.05) is 4.90 Å². The third-order valence-electron chi connectivity index (χ3n) is 12.5. The van der Waals surface area contributed by atoms with Crippen LogP contribution < -0.4 is 4.90 Å². The first-order chi connectivity index (χ1) is 30.7. The van der Waals surface area contributed by atoms with E-state index in [4.69, 9.17) is 0 Å². The SMILES string of the molecule is c1ccc(-c2cccc(N(c3ccc(-c4ccccc4-n4c5ccccc5c5ccccc54)cc3)c3cccc(-c4ccc5c(ccc6ccc7ccccc7c65)c4)c3)c2)cc1. The monoisotopic (exact) mass is 788 g/mol. The standard InChI is InChI=1S/C60H40N2/c1-2-14-41(15-3-1)45-17-12-19-50(39-45)61(51-20-13-18-46(40-51)47-34-37-54-48(38-47)31-30-44-29-28-42-16-4-5-22-53(42)60(44)54)49-35-32-43(33-36-49)52-21-6-9-25-57(52)62-58-26-10-7-23-55(58)56-24-8-11-27-59(56)62/h1-40H. The molecule has 0 aliphatic carbocycles. The molecule has 12 aromatic rings. The molecule has 0 amide bonds. The van der Waals surface area contributed by atoms with Crippen molar-refractivity contribution < 1.29 is 0 Å². The molecule has 0 atom stereocenters. The van der Waals surface area contributed by atoms with Gasteiger partial charge in [0.25, 0.3) is 0 Å². The van der Waals surface area contributed by atoms with Gasteiger partial charge in [0.1, 0.15) is 0 Å². The second-order valence-electron chi connectivity index (χ2n) is 16.1. The van der Waals surface area contributed by atoms with Crippen LogP contribution >= 0.6 is 0 Å². The van der Waals surface area contributed by atoms with Gasteiger partial charge in [-0.25, -0.2) is 0 Å². The molecule has 0 spiro atoms. The largest absolute Gasteiger partial charge is 0.310 e. The molecule has 2 heteroatoms. The van der Waals surface area contributed by atoms with Gasteiger partial charge in [-0.15, -0.1) is 0 Å². The molecule has 0 radical (unpaired) electrons. The molecule has 0 aliphatic heterocycles. The highest BCUT2D eigenvalue weighted by molar-refractivity contribution is 6.20. The maximum absolute atomic E-state index is 2.41. The Balaban J connectivity index is 0.976. The molecule has 0 aliphatic rings. The second kappa shape index (κ2) is 14.8. The van der Waals surface area contributed by atoms with Gasteiger partial charge >= 0.3 is 0 Å². The minimum absolute atomic E-state index is 1.09. The summed E-state index contributed by atoms with van der Waals surface area (Å²) >= 11 is 0. The molecule has 1 aromatic heterocycles. The van der Waals surface area contributed by atoms with Crippen LogP contribution in [0.3, 0.4) is 0 Å². The lowest BCUT2D eigenvalue weighted by molar-refractivity contribution is 1.18. The predicted molar refractivity (Wildman–Crippen MR) is 264 cm³/mol. The van der Waals surface area contributed by atoms with E-state index < -0.39 is 0 Å². The zero-order chi connectivity index (χ0) is 41.0. The fraction of sp³-hybridized carbons (Fsp3) is 0. The molecule has 0 unspecified atom stereocenters. The lowest BCUT2D eigenvalue weighted by Gasteiger charge is -2.27. The van der Waals surface area contributed by atoms with Gasteiger partial charge in [0.05, 0.1) is 16.7 Å². The second-order valence-corrected chi connectivity index (χ2v) is 16.1. The van der Waals surface area contributed by atoms with Crippen molar-refractivity contribution in [1.82, 2.24) is 4.57 Å². The fourth-order valence-electron chi connectivity index (χ4n) is 9.63. The molecule has 62 heavy (non-hydrogen) atoms. The van der Waals surface area contributed by atoms with E-state index in [-0.39, 0.29) is 0 Å². The van der Waals surface area contributed by atoms with Crippen molar-refractivity contribution in [3.05, 3.63) is 243 Å². The molecule has 12 rings (SSSR count). The molecular formula is C60H40N2. The highest BCUT2D eigenvalue weighted by Crippen LogP contribution is 2.42. The number of rotatable bonds is 7. The van der Waals surface area contributed by atoms with Gasteiger partial charge < -0.3 is 9.47 Å². The lowest BCUT2D eigenvalue weighted by Crippen LogP contribution is -2.10. The molecule has 1 heterocycles. The topological polar surface area (TPSA) is 8.17 Å². The van der Waals surface area contributed by atoms with Gasteiger partial charge in [-0.3, -0.25) is 0 Å². The summed E-state index contributed by atoms with van der Waals surface area (Å²) in [5, 5.41) is 10.2. The summed E-state index contributed by atoms with van der Waals surface area (Å²) in [5.41, 5.74) is 13.9. The summed E-state index contributed by atoms with van der Waals surface area (Å²) in [6.07, 6.45) is 0. The molecule has 0 N–H and O–H groups in total. The van der Waals surface area contributed by atoms with E-state index in [0.29, 0.717) is 0 Å². The number of hydrogen-bond donors (Lipinski definition) is 0. The maximum Gasteiger partial charge on any atom is 0.0541 e. The summed E-state index contributed by atoms with van der Waals surface area (Å²) in [7, 11) is 0. The summed E-state index contributed by atoms with van der Waals surface area (Å²) in [6.45, 7) is 0. The van der Waals surface area contributed by atoms with Crippen LogP contribution in [0.5, 0.6) is 0 Å². The van der Waals surface area contributed by atoms with Crippen molar-refractivity contribution in [2.24, 2.45) is 0 Å². The van der Waals surface area contributed by atoms with E-state index in [0.717, 1.165) is 28.3 Å². The molecule has 0 saturated heterocycles. The summed E-state index contributed by atoms with van der Waals surface area (Å²) in [4.78, 5) is 2.39. The Morgan fingerprint density at radius 2 is 0.790 bits per heavy atom. The molecule has 0 saturated carbocycles. The third-order valence-corrected chi connectivity index (χ3v) is 12.5. The van der Waals surface area contributed by atoms with Crippen molar-refractivity contribution in [3.8, 4) is 39.1 Å². The van der Waals surface area contributed by atoms with E-state index in [2.05, 4.69) is 252 Å². The zero-order valence-corrected chi connectivity index (χ0v) is 34.0. The van der Waals surface area contributed by atoms with Gasteiger partial charge in [0.2, 0.25) is 0 Å². The Morgan fingerprint density at radius 3 is 1.52 bits per heavy atom. The summed E-state index contributed by atoms with van der Waals surface area (Å²) in [6, 6.07) is 88.5. The van der Waals surface area contributed by atoms with Gasteiger partial charge in [0.15, 0.2) is 0 Å². The van der Waals surface area contributed by atoms with Crippen LogP contribution in [0.2, 0.25) is 0 Å². The highest BCUT2D eigenvalue weighted by Gasteiger charge is 2.18. The van der Waals surface area contributed by atoms with Crippen LogP contribution in [0, 0.1) is 0 Å². The highest BCUT2D eigenvalue weighted by atomic mass is 15.1. The first-order valence-electron chi connectivity index (χ1n) is 21.3. The van der Waals surface area contributed by atoms with E-state index in [1.54, 1.807) is 0 Å². The number of para-hydroxylation sites is 3. The molecule has 2 nitrogen and oxygen atoms in total. The van der Waals surface area contributed by atoms with E-state index >= 15 is 0 Å². The number of aromatic nitrogens is 1. The Labute approximate surface area is 360 Å². The Morgan fingerprint density at radius 1 is 0.274 bits per heavy atom. The van der Waals surface area contributed by atoms with E-state index in [1.165, 1.54) is 81.9 Å². The van der Waals surface area contributed by atoms with E-state index in [9.17, 15) is 0 Å². The first-order valence-corrected chi connectivity index (χ1v) is 21.3. The minimum atomic E-state index is 1.09. The van der Waals surface area contributed by atoms with Crippen LogP contribution in [0.25, 0.3) is 93.2 Å². The molecular weight excluding hydrogens is 749 g/mol. The molecule has 11 aromatic carbocycles. The van der Waals surface area contributed by atoms with Gasteiger partial charge in [-0.2, -0.15) is 0 Å². The average molecular weight is 789 g/mol. The van der Waals surface area contributed by atoms with Gasteiger partial charge in [-0.1, -0.05) is 182 Å². The summed E-state index contributed by atoms with van der Waals surface area (Å²) < 4.78 is 2.41. The van der Waals surface area contributed by atoms with Crippen molar-refractivity contribution >= 4 is 71.2 Å². The fourth-order valence-corrected chi connectivity index (χ4v) is 9.63. The Hall–Kier alpha value is -8.20. The maximum atomic E-state index is 2.41. The van der Waals surface area contributed by atoms with Gasteiger partial charge in [0, 0.05) is 33.4 Å². The Kier molecular flexibility index (Phi) is 8.53. The normalized spacial score (nSPS) is 11.5. The number of fused-ring (bicyclic) bond motifs is 8. The van der Waals surface area contributed by atoms with Crippen LogP contribution in [0.15, 0.2) is 243 Å². The Bertz CT molecular complexity index is 3580. The number of hydrogen-bond acceptors (Lipinski definition) is 1. The molecule has 0 bridgehead atoms. The smallest absolute Gasteiger partial charge is 0.0541 e. The van der Waals surface area contributed by atoms with Crippen LogP contribution in [-0.2, 0) is 0 Å². The van der Waals surface area contributed by atoms with Crippen LogP contribution in [0.1, 0.15) is 0 Å². The quantitative estimate of drug-likeness (QED) is 0.146. The van der Waals surface area contributed by atoms with Crippen molar-refractivity contribution in [3.63, 3.8) is 0 Å². The van der Waals surface area contributed by atoms with Crippen molar-refractivity contribution in [1.29, 1.82) is 0 Å². The zero-order valence-electron chi connectivity index (χ0n) is 34.0. The summed E-state index contributed by atoms with van der Waals surface area (Å²) in [5.74, 6) is 0. The third kappa shape index (κ3) is 6.04. The van der Waals surface area contributed by atoms with Crippen LogP contribution in [-0.4, -0.2) is 4.57 Å². The number of anilines is 3. The predicted octanol–water partition coefficient (Wildman–Crippen LogP) is 16.7. The van der Waals surface area contributed by atoms with Crippen molar-refractivity contribution in [2.45, 2.75) is 0 Å². The van der Waals surface area contributed by atoms with Gasteiger partial charge in [-0.05, 0) is 121 Å². The molecule has 0 fully saturated rings. The molecule has 290 valence electrons. The number of benzene rings is 11. The minimum Gasteiger partial charge on any atom is -0.310 e. The van der Waals surface area contributed by atoms with Crippen LogP contribution in [0.4, 0.5) is 17.1 Å². The van der Waals surface area contributed by atoms with E-state index in [1.807, 2.05) is 0 Å². The lowest BCUT2D eigenvalue weighted by atomic mass is 9.94.